The van der Waals surface area contributed by atoms with Crippen LogP contribution in [-0.2, 0) is 16.6 Å². The number of benzene rings is 2. The second-order valence-electron chi connectivity index (χ2n) is 7.62. The quantitative estimate of drug-likeness (QED) is 0.298. The topological polar surface area (TPSA) is 54.9 Å². The molecule has 2 N–H and O–H groups in total. The lowest BCUT2D eigenvalue weighted by Gasteiger charge is -2.36. The van der Waals surface area contributed by atoms with Gasteiger partial charge in [-0.1, -0.05) is 24.3 Å². The van der Waals surface area contributed by atoms with E-state index in [-0.39, 0.29) is 35.2 Å². The van der Waals surface area contributed by atoms with Crippen LogP contribution in [0.4, 0.5) is 4.39 Å². The number of nitrogens with one attached hydrogen (secondary N) is 2. The van der Waals surface area contributed by atoms with Crippen molar-refractivity contribution in [1.82, 2.24) is 10.6 Å². The summed E-state index contributed by atoms with van der Waals surface area (Å²) in [6.45, 7) is 5.77. The Morgan fingerprint density at radius 2 is 1.74 bits per heavy atom. The van der Waals surface area contributed by atoms with E-state index in [2.05, 4.69) is 29.7 Å². The Morgan fingerprint density at radius 1 is 1.06 bits per heavy atom. The maximum Gasteiger partial charge on any atom is 0.191 e. The third-order valence-electron chi connectivity index (χ3n) is 5.66. The number of halogens is 2. The van der Waals surface area contributed by atoms with Gasteiger partial charge in [-0.15, -0.1) is 24.0 Å². The number of rotatable bonds is 8. The SMILES string of the molecule is CCNC(=NCC1(c2ccc(OC)cc2)CCOCC1)NCCc1ccc(F)cc1.I. The zero-order valence-corrected chi connectivity index (χ0v) is 20.7. The molecule has 1 aliphatic rings. The lowest BCUT2D eigenvalue weighted by molar-refractivity contribution is 0.0531. The van der Waals surface area contributed by atoms with Crippen LogP contribution >= 0.6 is 24.0 Å². The largest absolute Gasteiger partial charge is 0.497 e. The van der Waals surface area contributed by atoms with E-state index in [1.165, 1.54) is 17.7 Å². The highest BCUT2D eigenvalue weighted by molar-refractivity contribution is 14.0. The molecule has 1 saturated heterocycles. The molecule has 0 saturated carbocycles. The number of hydrogen-bond donors (Lipinski definition) is 2. The zero-order chi connectivity index (χ0) is 21.2. The molecule has 0 bridgehead atoms. The Bertz CT molecular complexity index is 807. The first-order valence-corrected chi connectivity index (χ1v) is 10.6. The highest BCUT2D eigenvalue weighted by Crippen LogP contribution is 2.36. The molecule has 3 rings (SSSR count). The Hall–Kier alpha value is -1.87. The standard InChI is InChI=1S/C24H32FN3O2.HI/c1-3-26-23(27-15-12-19-4-8-21(25)9-5-19)28-18-24(13-16-30-17-14-24)20-6-10-22(29-2)11-7-20;/h4-11H,3,12-18H2,1-2H3,(H2,26,27,28);1H. The molecule has 7 heteroatoms. The van der Waals surface area contributed by atoms with Crippen LogP contribution in [0, 0.1) is 5.82 Å². The van der Waals surface area contributed by atoms with E-state index in [1.807, 2.05) is 24.3 Å². The molecule has 0 aromatic heterocycles. The van der Waals surface area contributed by atoms with Crippen molar-refractivity contribution >= 4 is 29.9 Å². The van der Waals surface area contributed by atoms with Crippen LogP contribution in [0.5, 0.6) is 5.75 Å². The molecule has 0 radical (unpaired) electrons. The minimum atomic E-state index is -0.207. The van der Waals surface area contributed by atoms with Gasteiger partial charge in [0.15, 0.2) is 5.96 Å². The molecule has 1 aliphatic heterocycles. The number of guanidine groups is 1. The van der Waals surface area contributed by atoms with Gasteiger partial charge in [-0.25, -0.2) is 4.39 Å². The third-order valence-corrected chi connectivity index (χ3v) is 5.66. The van der Waals surface area contributed by atoms with Gasteiger partial charge in [-0.3, -0.25) is 4.99 Å². The van der Waals surface area contributed by atoms with Crippen molar-refractivity contribution < 1.29 is 13.9 Å². The fraction of sp³-hybridized carbons (Fsp3) is 0.458. The Balaban J connectivity index is 0.00000341. The van der Waals surface area contributed by atoms with Crippen LogP contribution < -0.4 is 15.4 Å². The summed E-state index contributed by atoms with van der Waals surface area (Å²) in [5.41, 5.74) is 2.33. The normalized spacial score (nSPS) is 15.6. The maximum absolute atomic E-state index is 13.1. The van der Waals surface area contributed by atoms with Crippen LogP contribution in [0.25, 0.3) is 0 Å². The Kier molecular flexibility index (Phi) is 10.5. The molecular weight excluding hydrogens is 508 g/mol. The summed E-state index contributed by atoms with van der Waals surface area (Å²) in [4.78, 5) is 4.92. The summed E-state index contributed by atoms with van der Waals surface area (Å²) < 4.78 is 24.0. The number of nitrogens with zero attached hydrogens (tertiary/aromatic N) is 1. The monoisotopic (exact) mass is 541 g/mol. The van der Waals surface area contributed by atoms with Crippen LogP contribution in [0.1, 0.15) is 30.9 Å². The minimum Gasteiger partial charge on any atom is -0.497 e. The molecule has 31 heavy (non-hydrogen) atoms. The van der Waals surface area contributed by atoms with Gasteiger partial charge in [0.05, 0.1) is 13.7 Å². The molecular formula is C24H33FIN3O2. The Morgan fingerprint density at radius 3 is 2.35 bits per heavy atom. The molecule has 0 atom stereocenters. The zero-order valence-electron chi connectivity index (χ0n) is 18.3. The summed E-state index contributed by atoms with van der Waals surface area (Å²) in [7, 11) is 1.68. The van der Waals surface area contributed by atoms with E-state index in [0.29, 0.717) is 6.54 Å². The molecule has 2 aromatic carbocycles. The number of methoxy groups -OCH3 is 1. The average Bonchev–Trinajstić information content (AvgIpc) is 2.79. The maximum atomic E-state index is 13.1. The molecule has 0 amide bonds. The van der Waals surface area contributed by atoms with Gasteiger partial charge in [0.2, 0.25) is 0 Å². The van der Waals surface area contributed by atoms with Gasteiger partial charge >= 0.3 is 0 Å². The average molecular weight is 541 g/mol. The van der Waals surface area contributed by atoms with Crippen molar-refractivity contribution in [3.8, 4) is 5.75 Å². The minimum absolute atomic E-state index is 0. The van der Waals surface area contributed by atoms with Gasteiger partial charge in [0.25, 0.3) is 0 Å². The van der Waals surface area contributed by atoms with Gasteiger partial charge in [0.1, 0.15) is 11.6 Å². The fourth-order valence-electron chi connectivity index (χ4n) is 3.79. The first-order chi connectivity index (χ1) is 14.6. The van der Waals surface area contributed by atoms with Crippen LogP contribution in [0.2, 0.25) is 0 Å². The summed E-state index contributed by atoms with van der Waals surface area (Å²) in [5.74, 6) is 1.46. The van der Waals surface area contributed by atoms with Crippen molar-refractivity contribution in [3.63, 3.8) is 0 Å². The first kappa shape index (κ1) is 25.4. The lowest BCUT2D eigenvalue weighted by atomic mass is 9.74. The van der Waals surface area contributed by atoms with E-state index in [1.54, 1.807) is 7.11 Å². The first-order valence-electron chi connectivity index (χ1n) is 10.6. The highest BCUT2D eigenvalue weighted by atomic mass is 127. The second kappa shape index (κ2) is 12.9. The molecule has 1 heterocycles. The molecule has 1 fully saturated rings. The smallest absolute Gasteiger partial charge is 0.191 e. The van der Waals surface area contributed by atoms with E-state index < -0.39 is 0 Å². The van der Waals surface area contributed by atoms with E-state index in [0.717, 1.165) is 62.8 Å². The summed E-state index contributed by atoms with van der Waals surface area (Å²) in [5, 5.41) is 6.74. The molecule has 0 unspecified atom stereocenters. The summed E-state index contributed by atoms with van der Waals surface area (Å²) >= 11 is 0. The van der Waals surface area contributed by atoms with Crippen molar-refractivity contribution in [2.75, 3.05) is 40.0 Å². The van der Waals surface area contributed by atoms with E-state index in [4.69, 9.17) is 14.5 Å². The van der Waals surface area contributed by atoms with Crippen LogP contribution in [-0.4, -0.2) is 45.9 Å². The summed E-state index contributed by atoms with van der Waals surface area (Å²) in [6.07, 6.45) is 2.69. The Labute approximate surface area is 201 Å². The van der Waals surface area contributed by atoms with E-state index >= 15 is 0 Å². The molecule has 0 aliphatic carbocycles. The van der Waals surface area contributed by atoms with Crippen molar-refractivity contribution in [3.05, 3.63) is 65.5 Å². The van der Waals surface area contributed by atoms with Crippen molar-refractivity contribution in [2.45, 2.75) is 31.6 Å². The van der Waals surface area contributed by atoms with Crippen molar-refractivity contribution in [2.24, 2.45) is 4.99 Å². The van der Waals surface area contributed by atoms with Gasteiger partial charge in [-0.05, 0) is 61.6 Å². The van der Waals surface area contributed by atoms with Crippen molar-refractivity contribution in [1.29, 1.82) is 0 Å². The highest BCUT2D eigenvalue weighted by Gasteiger charge is 2.34. The lowest BCUT2D eigenvalue weighted by Crippen LogP contribution is -2.41. The van der Waals surface area contributed by atoms with E-state index in [9.17, 15) is 4.39 Å². The van der Waals surface area contributed by atoms with Gasteiger partial charge < -0.3 is 20.1 Å². The second-order valence-corrected chi connectivity index (χ2v) is 7.62. The predicted molar refractivity (Wildman–Crippen MR) is 134 cm³/mol. The molecule has 0 spiro atoms. The predicted octanol–water partition coefficient (Wildman–Crippen LogP) is 4.30. The third kappa shape index (κ3) is 7.35. The van der Waals surface area contributed by atoms with Gasteiger partial charge in [0, 0.05) is 31.7 Å². The van der Waals surface area contributed by atoms with Crippen LogP contribution in [0.3, 0.4) is 0 Å². The molecule has 170 valence electrons. The molecule has 5 nitrogen and oxygen atoms in total. The number of ether oxygens (including phenoxy) is 2. The van der Waals surface area contributed by atoms with Gasteiger partial charge in [-0.2, -0.15) is 0 Å². The summed E-state index contributed by atoms with van der Waals surface area (Å²) in [6, 6.07) is 15.0. The number of hydrogen-bond acceptors (Lipinski definition) is 3. The number of aliphatic imine (C=N–C) groups is 1. The fourth-order valence-corrected chi connectivity index (χ4v) is 3.79. The van der Waals surface area contributed by atoms with Crippen LogP contribution in [0.15, 0.2) is 53.5 Å². The molecule has 2 aromatic rings.